The highest BCUT2D eigenvalue weighted by Crippen LogP contribution is 1.99. The van der Waals surface area contributed by atoms with Gasteiger partial charge in [-0.2, -0.15) is 10.2 Å². The largest absolute Gasteiger partial charge is 0.463 e. The van der Waals surface area contributed by atoms with Gasteiger partial charge in [-0.1, -0.05) is 36.4 Å². The Kier molecular flexibility index (Phi) is 4.06. The number of benzene rings is 1. The van der Waals surface area contributed by atoms with Gasteiger partial charge in [-0.3, -0.25) is 0 Å². The second kappa shape index (κ2) is 6.23. The van der Waals surface area contributed by atoms with E-state index in [-0.39, 0.29) is 0 Å². The van der Waals surface area contributed by atoms with Crippen LogP contribution in [0.4, 0.5) is 0 Å². The van der Waals surface area contributed by atoms with Gasteiger partial charge < -0.3 is 4.42 Å². The SMILES string of the molecule is C(=C/c1ccccc1)/C=N\N=C\c1ccco1. The van der Waals surface area contributed by atoms with Gasteiger partial charge in [-0.05, 0) is 23.8 Å². The second-order valence-electron chi connectivity index (χ2n) is 3.29. The Hall–Kier alpha value is -2.42. The number of allylic oxidation sites excluding steroid dienone is 1. The fourth-order valence-corrected chi connectivity index (χ4v) is 1.25. The molecule has 3 nitrogen and oxygen atoms in total. The molecule has 0 saturated carbocycles. The molecule has 0 aliphatic heterocycles. The zero-order valence-corrected chi connectivity index (χ0v) is 9.23. The summed E-state index contributed by atoms with van der Waals surface area (Å²) >= 11 is 0. The summed E-state index contributed by atoms with van der Waals surface area (Å²) in [6.07, 6.45) is 8.60. The van der Waals surface area contributed by atoms with Crippen molar-refractivity contribution < 1.29 is 4.42 Å². The minimum absolute atomic E-state index is 0.689. The number of furan rings is 1. The third-order valence-electron chi connectivity index (χ3n) is 2.04. The Balaban J connectivity index is 1.84. The van der Waals surface area contributed by atoms with E-state index in [0.717, 1.165) is 5.56 Å². The van der Waals surface area contributed by atoms with Gasteiger partial charge in [0.1, 0.15) is 5.76 Å². The van der Waals surface area contributed by atoms with Crippen molar-refractivity contribution in [1.29, 1.82) is 0 Å². The molecule has 0 spiro atoms. The summed E-state index contributed by atoms with van der Waals surface area (Å²) in [5, 5.41) is 7.70. The summed E-state index contributed by atoms with van der Waals surface area (Å²) in [6.45, 7) is 0. The van der Waals surface area contributed by atoms with E-state index >= 15 is 0 Å². The molecule has 84 valence electrons. The molecular formula is C14H12N2O. The molecule has 0 unspecified atom stereocenters. The first-order valence-electron chi connectivity index (χ1n) is 5.27. The molecule has 2 rings (SSSR count). The molecule has 17 heavy (non-hydrogen) atoms. The molecule has 0 N–H and O–H groups in total. The highest BCUT2D eigenvalue weighted by Gasteiger charge is 1.85. The van der Waals surface area contributed by atoms with Crippen LogP contribution < -0.4 is 0 Å². The summed E-state index contributed by atoms with van der Waals surface area (Å²) in [6, 6.07) is 13.6. The van der Waals surface area contributed by atoms with Crippen molar-refractivity contribution in [3.63, 3.8) is 0 Å². The Bertz CT molecular complexity index is 510. The van der Waals surface area contributed by atoms with E-state index in [0.29, 0.717) is 5.76 Å². The van der Waals surface area contributed by atoms with Gasteiger partial charge in [-0.25, -0.2) is 0 Å². The van der Waals surface area contributed by atoms with Crippen molar-refractivity contribution in [2.24, 2.45) is 10.2 Å². The molecule has 0 saturated heterocycles. The summed E-state index contributed by atoms with van der Waals surface area (Å²) in [5.74, 6) is 0.689. The van der Waals surface area contributed by atoms with Crippen molar-refractivity contribution in [3.8, 4) is 0 Å². The second-order valence-corrected chi connectivity index (χ2v) is 3.29. The molecular weight excluding hydrogens is 212 g/mol. The normalized spacial score (nSPS) is 12.0. The maximum absolute atomic E-state index is 5.07. The Labute approximate surface area is 99.8 Å². The lowest BCUT2D eigenvalue weighted by molar-refractivity contribution is 0.560. The molecule has 3 heteroatoms. The van der Waals surface area contributed by atoms with Gasteiger partial charge in [-0.15, -0.1) is 0 Å². The standard InChI is InChI=1S/C14H12N2O/c1-2-6-13(7-3-1)8-4-10-15-16-12-14-9-5-11-17-14/h1-12H/b8-4-,15-10-,16-12+. The van der Waals surface area contributed by atoms with Gasteiger partial charge >= 0.3 is 0 Å². The summed E-state index contributed by atoms with van der Waals surface area (Å²) in [5.41, 5.74) is 1.13. The zero-order valence-electron chi connectivity index (χ0n) is 9.23. The highest BCUT2D eigenvalue weighted by atomic mass is 16.3. The molecule has 1 heterocycles. The minimum atomic E-state index is 0.689. The summed E-state index contributed by atoms with van der Waals surface area (Å²) < 4.78 is 5.07. The van der Waals surface area contributed by atoms with E-state index in [1.807, 2.05) is 48.6 Å². The predicted molar refractivity (Wildman–Crippen MR) is 70.3 cm³/mol. The van der Waals surface area contributed by atoms with E-state index in [9.17, 15) is 0 Å². The van der Waals surface area contributed by atoms with Crippen molar-refractivity contribution in [1.82, 2.24) is 0 Å². The molecule has 0 bridgehead atoms. The van der Waals surface area contributed by atoms with Crippen LogP contribution in [0.3, 0.4) is 0 Å². The number of nitrogens with zero attached hydrogens (tertiary/aromatic N) is 2. The number of rotatable bonds is 4. The molecule has 0 fully saturated rings. The van der Waals surface area contributed by atoms with Crippen molar-refractivity contribution in [2.75, 3.05) is 0 Å². The van der Waals surface area contributed by atoms with Crippen molar-refractivity contribution >= 4 is 18.5 Å². The van der Waals surface area contributed by atoms with Gasteiger partial charge in [0.15, 0.2) is 0 Å². The average Bonchev–Trinajstić information content (AvgIpc) is 2.88. The van der Waals surface area contributed by atoms with E-state index in [4.69, 9.17) is 4.42 Å². The lowest BCUT2D eigenvalue weighted by Gasteiger charge is -1.87. The zero-order chi connectivity index (χ0) is 11.8. The Morgan fingerprint density at radius 3 is 2.59 bits per heavy atom. The van der Waals surface area contributed by atoms with E-state index < -0.39 is 0 Å². The molecule has 0 amide bonds. The van der Waals surface area contributed by atoms with Crippen LogP contribution >= 0.6 is 0 Å². The fraction of sp³-hybridized carbons (Fsp3) is 0. The third-order valence-corrected chi connectivity index (χ3v) is 2.04. The quantitative estimate of drug-likeness (QED) is 0.579. The maximum Gasteiger partial charge on any atom is 0.146 e. The van der Waals surface area contributed by atoms with Gasteiger partial charge in [0, 0.05) is 6.21 Å². The van der Waals surface area contributed by atoms with Crippen molar-refractivity contribution in [2.45, 2.75) is 0 Å². The Morgan fingerprint density at radius 1 is 0.941 bits per heavy atom. The number of hydrogen-bond acceptors (Lipinski definition) is 3. The smallest absolute Gasteiger partial charge is 0.146 e. The van der Waals surface area contributed by atoms with Crippen molar-refractivity contribution in [3.05, 3.63) is 66.1 Å². The average molecular weight is 224 g/mol. The first-order valence-corrected chi connectivity index (χ1v) is 5.27. The molecule has 0 radical (unpaired) electrons. The predicted octanol–water partition coefficient (Wildman–Crippen LogP) is 3.40. The monoisotopic (exact) mass is 224 g/mol. The number of hydrogen-bond donors (Lipinski definition) is 0. The molecule has 1 aromatic heterocycles. The van der Waals surface area contributed by atoms with Crippen LogP contribution in [0, 0.1) is 0 Å². The molecule has 0 aliphatic carbocycles. The van der Waals surface area contributed by atoms with E-state index in [2.05, 4.69) is 10.2 Å². The van der Waals surface area contributed by atoms with Crippen LogP contribution in [0.5, 0.6) is 0 Å². The highest BCUT2D eigenvalue weighted by molar-refractivity contribution is 5.80. The molecule has 0 atom stereocenters. The van der Waals surface area contributed by atoms with E-state index in [1.54, 1.807) is 24.8 Å². The summed E-state index contributed by atoms with van der Waals surface area (Å²) in [7, 11) is 0. The van der Waals surface area contributed by atoms with Gasteiger partial charge in [0.2, 0.25) is 0 Å². The lowest BCUT2D eigenvalue weighted by atomic mass is 10.2. The summed E-state index contributed by atoms with van der Waals surface area (Å²) in [4.78, 5) is 0. The molecule has 0 aliphatic rings. The minimum Gasteiger partial charge on any atom is -0.463 e. The fourth-order valence-electron chi connectivity index (χ4n) is 1.25. The first-order chi connectivity index (χ1) is 8.45. The van der Waals surface area contributed by atoms with Crippen LogP contribution in [0.25, 0.3) is 6.08 Å². The Morgan fingerprint density at radius 2 is 1.82 bits per heavy atom. The third kappa shape index (κ3) is 3.91. The van der Waals surface area contributed by atoms with Crippen LogP contribution in [-0.2, 0) is 0 Å². The van der Waals surface area contributed by atoms with E-state index in [1.165, 1.54) is 0 Å². The van der Waals surface area contributed by atoms with Crippen LogP contribution in [-0.4, -0.2) is 12.4 Å². The lowest BCUT2D eigenvalue weighted by Crippen LogP contribution is -1.72. The van der Waals surface area contributed by atoms with Gasteiger partial charge in [0.25, 0.3) is 0 Å². The van der Waals surface area contributed by atoms with Crippen LogP contribution in [0.2, 0.25) is 0 Å². The first kappa shape index (κ1) is 11.1. The molecule has 2 aromatic rings. The van der Waals surface area contributed by atoms with Crippen LogP contribution in [0.1, 0.15) is 11.3 Å². The van der Waals surface area contributed by atoms with Crippen LogP contribution in [0.15, 0.2) is 69.4 Å². The van der Waals surface area contributed by atoms with Gasteiger partial charge in [0.05, 0.1) is 12.5 Å². The molecule has 1 aromatic carbocycles. The topological polar surface area (TPSA) is 37.9 Å². The maximum atomic E-state index is 5.07.